The van der Waals surface area contributed by atoms with Crippen molar-refractivity contribution in [3.05, 3.63) is 35.9 Å². The number of hydrogen-bond acceptors (Lipinski definition) is 9. The highest BCUT2D eigenvalue weighted by Crippen LogP contribution is 2.26. The summed E-state index contributed by atoms with van der Waals surface area (Å²) in [6, 6.07) is 6.75. The summed E-state index contributed by atoms with van der Waals surface area (Å²) in [6.07, 6.45) is 23.9. The van der Waals surface area contributed by atoms with Gasteiger partial charge in [-0.1, -0.05) is 198 Å². The molecular formula is C48H85N3O9. The predicted molar refractivity (Wildman–Crippen MR) is 238 cm³/mol. The average Bonchev–Trinajstić information content (AvgIpc) is 3.25. The smallest absolute Gasteiger partial charge is 0.411 e. The molecule has 3 amide bonds. The normalized spacial score (nSPS) is 19.4. The van der Waals surface area contributed by atoms with Crippen LogP contribution >= 0.6 is 0 Å². The molecule has 5 N–H and O–H groups in total. The van der Waals surface area contributed by atoms with Gasteiger partial charge in [0.25, 0.3) is 0 Å². The number of hydrogen-bond donors (Lipinski definition) is 5. The zero-order chi connectivity index (χ0) is 43.6. The van der Waals surface area contributed by atoms with Crippen LogP contribution in [0.3, 0.4) is 0 Å². The minimum Gasteiger partial charge on any atom is -0.449 e. The first-order chi connectivity index (χ1) is 29.2. The molecule has 1 aliphatic rings. The van der Waals surface area contributed by atoms with Crippen LogP contribution in [0.4, 0.5) is 9.59 Å². The van der Waals surface area contributed by atoms with Gasteiger partial charge in [-0.05, 0) is 25.3 Å². The van der Waals surface area contributed by atoms with Crippen molar-refractivity contribution in [2.45, 2.75) is 231 Å². The van der Waals surface area contributed by atoms with Gasteiger partial charge in [0.05, 0.1) is 13.2 Å². The number of amides is 3. The lowest BCUT2D eigenvalue weighted by Gasteiger charge is -2.46. The van der Waals surface area contributed by atoms with Gasteiger partial charge in [-0.15, -0.1) is 0 Å². The van der Waals surface area contributed by atoms with E-state index in [0.29, 0.717) is 12.8 Å². The van der Waals surface area contributed by atoms with Gasteiger partial charge < -0.3 is 40.2 Å². The molecule has 346 valence electrons. The topological polar surface area (TPSA) is 167 Å². The van der Waals surface area contributed by atoms with Crippen LogP contribution in [0.15, 0.2) is 30.3 Å². The molecule has 0 aliphatic carbocycles. The number of ether oxygens (including phenoxy) is 3. The van der Waals surface area contributed by atoms with Crippen molar-refractivity contribution in [1.29, 1.82) is 0 Å². The predicted octanol–water partition coefficient (Wildman–Crippen LogP) is 9.85. The van der Waals surface area contributed by atoms with E-state index >= 15 is 0 Å². The summed E-state index contributed by atoms with van der Waals surface area (Å²) in [4.78, 5) is 41.1. The summed E-state index contributed by atoms with van der Waals surface area (Å²) in [5.41, 5.74) is 0.784. The third kappa shape index (κ3) is 23.3. The number of benzene rings is 1. The van der Waals surface area contributed by atoms with Crippen LogP contribution in [0.5, 0.6) is 0 Å². The minimum atomic E-state index is -1.59. The Balaban J connectivity index is 1.93. The Morgan fingerprint density at radius 3 is 1.62 bits per heavy atom. The van der Waals surface area contributed by atoms with Crippen molar-refractivity contribution in [3.63, 3.8) is 0 Å². The van der Waals surface area contributed by atoms with Crippen molar-refractivity contribution < 1.29 is 43.9 Å². The monoisotopic (exact) mass is 848 g/mol. The van der Waals surface area contributed by atoms with Crippen LogP contribution in [0.25, 0.3) is 0 Å². The van der Waals surface area contributed by atoms with Crippen LogP contribution in [0.2, 0.25) is 0 Å². The molecule has 1 aromatic carbocycles. The molecule has 0 unspecified atom stereocenters. The second-order valence-electron chi connectivity index (χ2n) is 17.0. The number of unbranched alkanes of at least 4 members (excludes halogenated alkanes) is 24. The van der Waals surface area contributed by atoms with Crippen LogP contribution in [0, 0.1) is 0 Å². The molecule has 1 aromatic rings. The standard InChI is InChI=1S/C48H85N3O9/c1-4-6-8-10-12-14-16-17-18-19-20-21-23-25-27-32-36-58-48(57)51(35-31-26-24-22-15-13-11-9-7-5-2)46-42(44(54)43(53)41(37-52)60-46)50-45(55)39(3)49-47(56)59-38-40-33-29-28-30-34-40/h28-30,33-34,39,41-44,46,52-54H,4-27,31-32,35-38H2,1-3H3,(H,49,56)(H,50,55)/t39-,41+,42+,43+,44+,46+/m0/s1. The Morgan fingerprint density at radius 1 is 0.667 bits per heavy atom. The minimum absolute atomic E-state index is 0.0163. The summed E-state index contributed by atoms with van der Waals surface area (Å²) in [7, 11) is 0. The Morgan fingerprint density at radius 2 is 1.13 bits per heavy atom. The zero-order valence-electron chi connectivity index (χ0n) is 37.8. The van der Waals surface area contributed by atoms with Crippen molar-refractivity contribution in [2.75, 3.05) is 19.8 Å². The van der Waals surface area contributed by atoms with E-state index in [2.05, 4.69) is 24.5 Å². The molecule has 1 saturated heterocycles. The van der Waals surface area contributed by atoms with Crippen LogP contribution in [-0.4, -0.2) is 94.7 Å². The molecule has 1 aliphatic heterocycles. The zero-order valence-corrected chi connectivity index (χ0v) is 37.8. The lowest BCUT2D eigenvalue weighted by molar-refractivity contribution is -0.226. The number of carbonyl (C=O) groups is 3. The quantitative estimate of drug-likeness (QED) is 0.0418. The molecule has 0 aromatic heterocycles. The van der Waals surface area contributed by atoms with Crippen molar-refractivity contribution in [3.8, 4) is 0 Å². The SMILES string of the molecule is CCCCCCCCCCCCCCCCCCOC(=O)N(CCCCCCCCCCCC)[C@@H]1O[C@H](CO)[C@@H](O)[C@H](O)[C@H]1NC(=O)[C@H](C)NC(=O)OCc1ccccc1. The fourth-order valence-corrected chi connectivity index (χ4v) is 7.80. The van der Waals surface area contributed by atoms with Gasteiger partial charge in [-0.2, -0.15) is 0 Å². The summed E-state index contributed by atoms with van der Waals surface area (Å²) >= 11 is 0. The number of carbonyl (C=O) groups excluding carboxylic acids is 3. The van der Waals surface area contributed by atoms with Crippen LogP contribution < -0.4 is 10.6 Å². The molecule has 12 heteroatoms. The highest BCUT2D eigenvalue weighted by Gasteiger charge is 2.49. The second-order valence-corrected chi connectivity index (χ2v) is 17.0. The molecule has 6 atom stereocenters. The van der Waals surface area contributed by atoms with Crippen LogP contribution in [0.1, 0.15) is 193 Å². The molecule has 1 heterocycles. The van der Waals surface area contributed by atoms with Gasteiger partial charge in [-0.25, -0.2) is 9.59 Å². The van der Waals surface area contributed by atoms with E-state index in [1.165, 1.54) is 127 Å². The van der Waals surface area contributed by atoms with E-state index in [1.807, 2.05) is 30.3 Å². The molecule has 1 fully saturated rings. The molecule has 2 rings (SSSR count). The van der Waals surface area contributed by atoms with Gasteiger partial charge >= 0.3 is 12.2 Å². The first-order valence-electron chi connectivity index (χ1n) is 24.1. The maximum atomic E-state index is 13.8. The molecule has 0 spiro atoms. The maximum absolute atomic E-state index is 13.8. The van der Waals surface area contributed by atoms with Gasteiger partial charge in [0.2, 0.25) is 5.91 Å². The van der Waals surface area contributed by atoms with Gasteiger partial charge in [0, 0.05) is 6.54 Å². The summed E-state index contributed by atoms with van der Waals surface area (Å²) in [5.74, 6) is -0.681. The van der Waals surface area contributed by atoms with Crippen molar-refractivity contribution in [2.24, 2.45) is 0 Å². The lowest BCUT2D eigenvalue weighted by Crippen LogP contribution is -2.69. The largest absolute Gasteiger partial charge is 0.449 e. The summed E-state index contributed by atoms with van der Waals surface area (Å²) in [5, 5.41) is 37.4. The Labute approximate surface area is 363 Å². The number of aliphatic hydroxyl groups excluding tert-OH is 3. The number of nitrogens with one attached hydrogen (secondary N) is 2. The molecule has 0 saturated carbocycles. The van der Waals surface area contributed by atoms with Gasteiger partial charge in [0.1, 0.15) is 37.0 Å². The second kappa shape index (κ2) is 34.6. The van der Waals surface area contributed by atoms with E-state index in [9.17, 15) is 29.7 Å². The van der Waals surface area contributed by atoms with E-state index < -0.39 is 61.3 Å². The molecule has 0 bridgehead atoms. The third-order valence-corrected chi connectivity index (χ3v) is 11.7. The fourth-order valence-electron chi connectivity index (χ4n) is 7.80. The molecular weight excluding hydrogens is 763 g/mol. The summed E-state index contributed by atoms with van der Waals surface area (Å²) < 4.78 is 17.1. The van der Waals surface area contributed by atoms with E-state index in [4.69, 9.17) is 14.2 Å². The molecule has 0 radical (unpaired) electrons. The Kier molecular flexibility index (Phi) is 30.7. The molecule has 12 nitrogen and oxygen atoms in total. The van der Waals surface area contributed by atoms with Gasteiger partial charge in [-0.3, -0.25) is 9.69 Å². The van der Waals surface area contributed by atoms with E-state index in [1.54, 1.807) is 0 Å². The molecule has 60 heavy (non-hydrogen) atoms. The number of aliphatic hydroxyl groups is 3. The Hall–Kier alpha value is -2.93. The van der Waals surface area contributed by atoms with E-state index in [0.717, 1.165) is 44.1 Å². The highest BCUT2D eigenvalue weighted by molar-refractivity contribution is 5.85. The van der Waals surface area contributed by atoms with E-state index in [-0.39, 0.29) is 19.8 Å². The number of nitrogens with zero attached hydrogens (tertiary/aromatic N) is 1. The van der Waals surface area contributed by atoms with Gasteiger partial charge in [0.15, 0.2) is 6.23 Å². The summed E-state index contributed by atoms with van der Waals surface area (Å²) in [6.45, 7) is 5.79. The third-order valence-electron chi connectivity index (χ3n) is 11.7. The first kappa shape index (κ1) is 53.2. The highest BCUT2D eigenvalue weighted by atomic mass is 16.6. The number of rotatable bonds is 35. The fraction of sp³-hybridized carbons (Fsp3) is 0.812. The Bertz CT molecular complexity index is 1220. The van der Waals surface area contributed by atoms with Crippen molar-refractivity contribution >= 4 is 18.1 Å². The lowest BCUT2D eigenvalue weighted by atomic mass is 9.95. The maximum Gasteiger partial charge on any atom is 0.411 e. The average molecular weight is 848 g/mol. The number of alkyl carbamates (subject to hydrolysis) is 1. The first-order valence-corrected chi connectivity index (χ1v) is 24.1. The van der Waals surface area contributed by atoms with Crippen LogP contribution in [-0.2, 0) is 25.6 Å². The van der Waals surface area contributed by atoms with Crippen molar-refractivity contribution in [1.82, 2.24) is 15.5 Å².